The lowest BCUT2D eigenvalue weighted by molar-refractivity contribution is -0.119. The Morgan fingerprint density at radius 2 is 1.83 bits per heavy atom. The zero-order chi connectivity index (χ0) is 20.2. The summed E-state index contributed by atoms with van der Waals surface area (Å²) in [4.78, 5) is 16.1. The smallest absolute Gasteiger partial charge is 0.239 e. The van der Waals surface area contributed by atoms with Crippen LogP contribution in [0, 0.1) is 5.82 Å². The van der Waals surface area contributed by atoms with E-state index >= 15 is 0 Å². The molecule has 0 saturated heterocycles. The summed E-state index contributed by atoms with van der Waals surface area (Å²) < 4.78 is 13.4. The van der Waals surface area contributed by atoms with Crippen molar-refractivity contribution in [1.29, 1.82) is 0 Å². The molecule has 2 aromatic carbocycles. The van der Waals surface area contributed by atoms with Gasteiger partial charge in [0.05, 0.1) is 6.54 Å². The summed E-state index contributed by atoms with van der Waals surface area (Å²) in [7, 11) is 1.65. The van der Waals surface area contributed by atoms with Crippen molar-refractivity contribution in [1.82, 2.24) is 16.0 Å². The van der Waals surface area contributed by atoms with Crippen molar-refractivity contribution in [3.8, 4) is 0 Å². The molecule has 0 aliphatic carbocycles. The van der Waals surface area contributed by atoms with Gasteiger partial charge in [-0.2, -0.15) is 11.8 Å². The van der Waals surface area contributed by atoms with Gasteiger partial charge in [-0.25, -0.2) is 4.39 Å². The van der Waals surface area contributed by atoms with E-state index in [4.69, 9.17) is 0 Å². The number of aliphatic imine (C=N–C) groups is 1. The Labute approximate surface area is 193 Å². The van der Waals surface area contributed by atoms with Gasteiger partial charge in [0.1, 0.15) is 5.82 Å². The molecular formula is C21H28FIN4OS. The van der Waals surface area contributed by atoms with Gasteiger partial charge in [-0.1, -0.05) is 36.4 Å². The Morgan fingerprint density at radius 3 is 2.52 bits per heavy atom. The van der Waals surface area contributed by atoms with Crippen LogP contribution in [-0.2, 0) is 23.5 Å². The first kappa shape index (κ1) is 25.2. The molecule has 0 spiro atoms. The summed E-state index contributed by atoms with van der Waals surface area (Å²) in [5, 5.41) is 9.05. The summed E-state index contributed by atoms with van der Waals surface area (Å²) >= 11 is 1.64. The Hall–Kier alpha value is -1.81. The second-order valence-electron chi connectivity index (χ2n) is 6.21. The molecule has 0 aliphatic rings. The first-order valence-corrected chi connectivity index (χ1v) is 10.5. The Morgan fingerprint density at radius 1 is 1.07 bits per heavy atom. The molecule has 0 aromatic heterocycles. The van der Waals surface area contributed by atoms with E-state index in [0.29, 0.717) is 19.0 Å². The summed E-state index contributed by atoms with van der Waals surface area (Å²) in [6.07, 6.45) is 2.78. The lowest BCUT2D eigenvalue weighted by Gasteiger charge is -2.14. The van der Waals surface area contributed by atoms with Crippen molar-refractivity contribution in [2.45, 2.75) is 18.7 Å². The van der Waals surface area contributed by atoms with Gasteiger partial charge in [0.2, 0.25) is 5.91 Å². The second kappa shape index (κ2) is 14.2. The van der Waals surface area contributed by atoms with Crippen LogP contribution in [0.15, 0.2) is 53.5 Å². The SMILES string of the molecule is CN=C(NCC(=O)NCCc1ccccc1)NCc1ccc(F)cc1CSC.I. The molecule has 0 radical (unpaired) electrons. The minimum absolute atomic E-state index is 0. The van der Waals surface area contributed by atoms with Crippen LogP contribution < -0.4 is 16.0 Å². The Bertz CT molecular complexity index is 790. The van der Waals surface area contributed by atoms with Crippen LogP contribution in [0.2, 0.25) is 0 Å². The van der Waals surface area contributed by atoms with Crippen LogP contribution in [0.5, 0.6) is 0 Å². The van der Waals surface area contributed by atoms with E-state index in [1.54, 1.807) is 30.9 Å². The molecule has 0 atom stereocenters. The molecule has 1 amide bonds. The number of rotatable bonds is 9. The van der Waals surface area contributed by atoms with E-state index in [9.17, 15) is 9.18 Å². The van der Waals surface area contributed by atoms with Gasteiger partial charge in [0, 0.05) is 25.9 Å². The average Bonchev–Trinajstić information content (AvgIpc) is 2.70. The number of hydrogen-bond donors (Lipinski definition) is 3. The van der Waals surface area contributed by atoms with Crippen LogP contribution in [0.3, 0.4) is 0 Å². The lowest BCUT2D eigenvalue weighted by Crippen LogP contribution is -2.43. The predicted octanol–water partition coefficient (Wildman–Crippen LogP) is 3.33. The van der Waals surface area contributed by atoms with Gasteiger partial charge in [0.15, 0.2) is 5.96 Å². The number of nitrogens with zero attached hydrogens (tertiary/aromatic N) is 1. The maximum absolute atomic E-state index is 13.4. The largest absolute Gasteiger partial charge is 0.354 e. The van der Waals surface area contributed by atoms with Crippen molar-refractivity contribution in [3.05, 3.63) is 71.0 Å². The van der Waals surface area contributed by atoms with Gasteiger partial charge in [-0.15, -0.1) is 24.0 Å². The highest BCUT2D eigenvalue weighted by atomic mass is 127. The van der Waals surface area contributed by atoms with Crippen LogP contribution in [0.1, 0.15) is 16.7 Å². The minimum Gasteiger partial charge on any atom is -0.354 e. The summed E-state index contributed by atoms with van der Waals surface area (Å²) in [6.45, 7) is 1.23. The van der Waals surface area contributed by atoms with Crippen LogP contribution in [-0.4, -0.2) is 38.3 Å². The highest BCUT2D eigenvalue weighted by Crippen LogP contribution is 2.16. The van der Waals surface area contributed by atoms with Gasteiger partial charge >= 0.3 is 0 Å². The molecular weight excluding hydrogens is 502 g/mol. The number of benzene rings is 2. The monoisotopic (exact) mass is 530 g/mol. The lowest BCUT2D eigenvalue weighted by atomic mass is 10.1. The minimum atomic E-state index is -0.234. The van der Waals surface area contributed by atoms with E-state index < -0.39 is 0 Å². The fourth-order valence-corrected chi connectivity index (χ4v) is 3.25. The number of thioether (sulfide) groups is 1. The third-order valence-electron chi connectivity index (χ3n) is 4.13. The number of carbonyl (C=O) groups excluding carboxylic acids is 1. The summed E-state index contributed by atoms with van der Waals surface area (Å²) in [6, 6.07) is 14.8. The summed E-state index contributed by atoms with van der Waals surface area (Å²) in [5.74, 6) is 0.939. The van der Waals surface area contributed by atoms with Crippen molar-refractivity contribution >= 4 is 47.6 Å². The number of hydrogen-bond acceptors (Lipinski definition) is 3. The Kier molecular flexibility index (Phi) is 12.4. The van der Waals surface area contributed by atoms with E-state index in [1.165, 1.54) is 11.6 Å². The fourth-order valence-electron chi connectivity index (χ4n) is 2.67. The maximum atomic E-state index is 13.4. The number of halogens is 2. The zero-order valence-electron chi connectivity index (χ0n) is 16.7. The topological polar surface area (TPSA) is 65.5 Å². The predicted molar refractivity (Wildman–Crippen MR) is 130 cm³/mol. The van der Waals surface area contributed by atoms with Crippen molar-refractivity contribution < 1.29 is 9.18 Å². The van der Waals surface area contributed by atoms with E-state index in [-0.39, 0.29) is 42.2 Å². The first-order chi connectivity index (χ1) is 13.6. The van der Waals surface area contributed by atoms with Crippen molar-refractivity contribution in [3.63, 3.8) is 0 Å². The van der Waals surface area contributed by atoms with Crippen LogP contribution in [0.4, 0.5) is 4.39 Å². The number of nitrogens with one attached hydrogen (secondary N) is 3. The first-order valence-electron chi connectivity index (χ1n) is 9.13. The molecule has 8 heteroatoms. The standard InChI is InChI=1S/C21H27FN4OS.HI/c1-23-21(25-13-17-8-9-19(22)12-18(17)15-28-2)26-14-20(27)24-11-10-16-6-4-3-5-7-16;/h3-9,12H,10-11,13-15H2,1-2H3,(H,24,27)(H2,23,25,26);1H. The van der Waals surface area contributed by atoms with Gasteiger partial charge in [-0.3, -0.25) is 9.79 Å². The summed E-state index contributed by atoms with van der Waals surface area (Å²) in [5.41, 5.74) is 3.15. The van der Waals surface area contributed by atoms with Crippen LogP contribution >= 0.6 is 35.7 Å². The fraction of sp³-hybridized carbons (Fsp3) is 0.333. The van der Waals surface area contributed by atoms with Gasteiger partial charge < -0.3 is 16.0 Å². The van der Waals surface area contributed by atoms with E-state index in [1.807, 2.05) is 36.6 Å². The molecule has 0 unspecified atom stereocenters. The maximum Gasteiger partial charge on any atom is 0.239 e. The molecule has 5 nitrogen and oxygen atoms in total. The molecule has 158 valence electrons. The molecule has 3 N–H and O–H groups in total. The molecule has 0 aliphatic heterocycles. The van der Waals surface area contributed by atoms with E-state index in [2.05, 4.69) is 20.9 Å². The Balaban J connectivity index is 0.00000420. The van der Waals surface area contributed by atoms with Crippen LogP contribution in [0.25, 0.3) is 0 Å². The number of carbonyl (C=O) groups is 1. The van der Waals surface area contributed by atoms with E-state index in [0.717, 1.165) is 23.3 Å². The highest BCUT2D eigenvalue weighted by molar-refractivity contribution is 14.0. The molecule has 0 bridgehead atoms. The second-order valence-corrected chi connectivity index (χ2v) is 7.08. The van der Waals surface area contributed by atoms with Crippen molar-refractivity contribution in [2.24, 2.45) is 4.99 Å². The molecule has 0 saturated carbocycles. The average molecular weight is 530 g/mol. The number of amides is 1. The molecule has 0 heterocycles. The normalized spacial score (nSPS) is 10.8. The zero-order valence-corrected chi connectivity index (χ0v) is 19.9. The quantitative estimate of drug-likeness (QED) is 0.265. The van der Waals surface area contributed by atoms with Crippen molar-refractivity contribution in [2.75, 3.05) is 26.4 Å². The number of guanidine groups is 1. The molecule has 2 aromatic rings. The third kappa shape index (κ3) is 9.49. The highest BCUT2D eigenvalue weighted by Gasteiger charge is 2.07. The molecule has 2 rings (SSSR count). The van der Waals surface area contributed by atoms with Gasteiger partial charge in [-0.05, 0) is 41.5 Å². The van der Waals surface area contributed by atoms with Gasteiger partial charge in [0.25, 0.3) is 0 Å². The third-order valence-corrected chi connectivity index (χ3v) is 4.73. The molecule has 29 heavy (non-hydrogen) atoms. The molecule has 0 fully saturated rings.